The smallest absolute Gasteiger partial charge is 0.157 e. The molecular weight excluding hydrogens is 306 g/mol. The van der Waals surface area contributed by atoms with Gasteiger partial charge in [-0.3, -0.25) is 0 Å². The Morgan fingerprint density at radius 1 is 1.04 bits per heavy atom. The Balaban J connectivity index is 1.66. The molecule has 0 spiro atoms. The molecule has 1 aromatic rings. The lowest BCUT2D eigenvalue weighted by molar-refractivity contribution is -0.190. The minimum absolute atomic E-state index is 0.0175. The van der Waals surface area contributed by atoms with Crippen LogP contribution in [0.5, 0.6) is 0 Å². The van der Waals surface area contributed by atoms with Gasteiger partial charge in [0.05, 0.1) is 24.1 Å². The van der Waals surface area contributed by atoms with E-state index in [1.807, 2.05) is 12.1 Å². The summed E-state index contributed by atoms with van der Waals surface area (Å²) in [5, 5.41) is 2.38. The summed E-state index contributed by atoms with van der Waals surface area (Å²) in [7, 11) is 0. The molecule has 0 N–H and O–H groups in total. The van der Waals surface area contributed by atoms with Gasteiger partial charge in [-0.25, -0.2) is 0 Å². The second kappa shape index (κ2) is 10.7. The van der Waals surface area contributed by atoms with E-state index < -0.39 is 0 Å². The molecule has 0 aromatic heterocycles. The highest BCUT2D eigenvalue weighted by Crippen LogP contribution is 2.26. The van der Waals surface area contributed by atoms with Gasteiger partial charge in [-0.05, 0) is 42.8 Å². The number of benzene rings is 1. The van der Waals surface area contributed by atoms with E-state index in [4.69, 9.17) is 9.47 Å². The first-order valence-corrected chi connectivity index (χ1v) is 9.15. The van der Waals surface area contributed by atoms with E-state index in [0.29, 0.717) is 5.92 Å². The molecule has 0 atom stereocenters. The Morgan fingerprint density at radius 2 is 1.70 bits per heavy atom. The van der Waals surface area contributed by atoms with Crippen LogP contribution < -0.4 is 0 Å². The molecule has 1 heterocycles. The molecule has 4 heteroatoms. The van der Waals surface area contributed by atoms with E-state index in [1.165, 1.54) is 44.1 Å². The van der Waals surface area contributed by atoms with Gasteiger partial charge in [0, 0.05) is 5.92 Å². The maximum Gasteiger partial charge on any atom is 0.157 e. The molecule has 0 amide bonds. The Labute approximate surface area is 145 Å². The number of aliphatic imine (C=N–C) groups is 1. The lowest BCUT2D eigenvalue weighted by Crippen LogP contribution is -2.30. The molecule has 23 heavy (non-hydrogen) atoms. The summed E-state index contributed by atoms with van der Waals surface area (Å²) in [6.07, 6.45) is 8.82. The fraction of sp³-hybridized carbons (Fsp3) is 0.632. The van der Waals surface area contributed by atoms with Crippen LogP contribution in [0.15, 0.2) is 29.3 Å². The van der Waals surface area contributed by atoms with E-state index in [0.717, 1.165) is 25.3 Å². The third kappa shape index (κ3) is 6.52. The molecule has 1 fully saturated rings. The van der Waals surface area contributed by atoms with Crippen LogP contribution in [0, 0.1) is 0 Å². The molecule has 1 aromatic carbocycles. The monoisotopic (exact) mass is 333 g/mol. The van der Waals surface area contributed by atoms with Crippen molar-refractivity contribution < 1.29 is 9.47 Å². The zero-order valence-corrected chi connectivity index (χ0v) is 14.8. The largest absolute Gasteiger partial charge is 0.352 e. The molecule has 1 aliphatic heterocycles. The fourth-order valence-electron chi connectivity index (χ4n) is 2.87. The van der Waals surface area contributed by atoms with Gasteiger partial charge >= 0.3 is 0 Å². The lowest BCUT2D eigenvalue weighted by Gasteiger charge is -2.29. The number of unbranched alkanes of at least 4 members (excludes halogenated alkanes) is 5. The first kappa shape index (κ1) is 18.3. The summed E-state index contributed by atoms with van der Waals surface area (Å²) >= 11 is 4.61. The van der Waals surface area contributed by atoms with Crippen molar-refractivity contribution in [1.82, 2.24) is 0 Å². The van der Waals surface area contributed by atoms with Crippen molar-refractivity contribution in [3.05, 3.63) is 29.8 Å². The first-order valence-electron chi connectivity index (χ1n) is 8.74. The summed E-state index contributed by atoms with van der Waals surface area (Å²) < 4.78 is 11.8. The Morgan fingerprint density at radius 3 is 2.35 bits per heavy atom. The normalized spacial score (nSPS) is 20.9. The number of ether oxygens (including phenoxy) is 2. The molecule has 3 nitrogen and oxygen atoms in total. The second-order valence-corrected chi connectivity index (χ2v) is 6.33. The van der Waals surface area contributed by atoms with Crippen LogP contribution in [0.25, 0.3) is 0 Å². The molecule has 0 saturated carbocycles. The summed E-state index contributed by atoms with van der Waals surface area (Å²) in [6, 6.07) is 8.04. The highest BCUT2D eigenvalue weighted by molar-refractivity contribution is 7.78. The minimum Gasteiger partial charge on any atom is -0.352 e. The van der Waals surface area contributed by atoms with Crippen LogP contribution in [0.4, 0.5) is 5.69 Å². The highest BCUT2D eigenvalue weighted by atomic mass is 32.1. The third-order valence-corrected chi connectivity index (χ3v) is 4.39. The van der Waals surface area contributed by atoms with Crippen molar-refractivity contribution in [2.75, 3.05) is 13.2 Å². The second-order valence-electron chi connectivity index (χ2n) is 6.14. The van der Waals surface area contributed by atoms with Crippen LogP contribution in [-0.4, -0.2) is 24.7 Å². The van der Waals surface area contributed by atoms with Gasteiger partial charge in [-0.2, -0.15) is 4.99 Å². The number of rotatable bonds is 9. The number of hydrogen-bond donors (Lipinski definition) is 0. The van der Waals surface area contributed by atoms with Crippen molar-refractivity contribution in [2.45, 2.75) is 64.1 Å². The molecule has 0 radical (unpaired) electrons. The van der Waals surface area contributed by atoms with Crippen LogP contribution in [-0.2, 0) is 9.47 Å². The van der Waals surface area contributed by atoms with Gasteiger partial charge < -0.3 is 9.47 Å². The Kier molecular flexibility index (Phi) is 8.48. The average molecular weight is 333 g/mol. The van der Waals surface area contributed by atoms with Gasteiger partial charge in [-0.1, -0.05) is 51.2 Å². The highest BCUT2D eigenvalue weighted by Gasteiger charge is 2.23. The predicted molar refractivity (Wildman–Crippen MR) is 97.6 cm³/mol. The Hall–Kier alpha value is -1.06. The maximum absolute atomic E-state index is 5.88. The van der Waals surface area contributed by atoms with E-state index in [-0.39, 0.29) is 6.29 Å². The van der Waals surface area contributed by atoms with Gasteiger partial charge in [0.1, 0.15) is 0 Å². The molecule has 126 valence electrons. The van der Waals surface area contributed by atoms with E-state index in [2.05, 4.69) is 41.4 Å². The summed E-state index contributed by atoms with van der Waals surface area (Å²) in [4.78, 5) is 3.97. The van der Waals surface area contributed by atoms with Crippen molar-refractivity contribution in [3.63, 3.8) is 0 Å². The van der Waals surface area contributed by atoms with Crippen molar-refractivity contribution in [2.24, 2.45) is 4.99 Å². The summed E-state index contributed by atoms with van der Waals surface area (Å²) in [6.45, 7) is 3.71. The first-order chi connectivity index (χ1) is 11.3. The maximum atomic E-state index is 5.88. The molecular formula is C19H27NO2S. The number of nitrogens with zero attached hydrogens (tertiary/aromatic N) is 1. The van der Waals surface area contributed by atoms with E-state index in [1.54, 1.807) is 0 Å². The fourth-order valence-corrected chi connectivity index (χ4v) is 2.97. The van der Waals surface area contributed by atoms with Crippen LogP contribution in [0.1, 0.15) is 63.4 Å². The topological polar surface area (TPSA) is 30.8 Å². The molecule has 1 saturated heterocycles. The van der Waals surface area contributed by atoms with Crippen LogP contribution in [0.2, 0.25) is 0 Å². The zero-order chi connectivity index (χ0) is 16.3. The van der Waals surface area contributed by atoms with Crippen molar-refractivity contribution in [1.29, 1.82) is 0 Å². The van der Waals surface area contributed by atoms with Crippen LogP contribution in [0.3, 0.4) is 0 Å². The van der Waals surface area contributed by atoms with Crippen LogP contribution >= 0.6 is 12.2 Å². The Bertz CT molecular complexity index is 489. The van der Waals surface area contributed by atoms with E-state index in [9.17, 15) is 0 Å². The zero-order valence-electron chi connectivity index (χ0n) is 14.0. The molecule has 0 bridgehead atoms. The molecule has 1 aliphatic rings. The van der Waals surface area contributed by atoms with Crippen molar-refractivity contribution >= 4 is 23.1 Å². The SMILES string of the molecule is CCCCCCCCC1OCC(c2ccc(N=C=S)cc2)CO1. The lowest BCUT2D eigenvalue weighted by atomic mass is 10.00. The third-order valence-electron chi connectivity index (χ3n) is 4.30. The number of isothiocyanates is 1. The van der Waals surface area contributed by atoms with Gasteiger partial charge in [0.15, 0.2) is 6.29 Å². The standard InChI is InChI=1S/C19H27NO2S/c1-2-3-4-5-6-7-8-19-21-13-17(14-22-19)16-9-11-18(12-10-16)20-15-23/h9-12,17,19H,2-8,13-14H2,1H3. The molecule has 0 aliphatic carbocycles. The van der Waals surface area contributed by atoms with Gasteiger partial charge in [0.25, 0.3) is 0 Å². The summed E-state index contributed by atoms with van der Waals surface area (Å²) in [5.74, 6) is 0.307. The number of thiocarbonyl (C=S) groups is 1. The quantitative estimate of drug-likeness (QED) is 0.333. The minimum atomic E-state index is -0.0175. The van der Waals surface area contributed by atoms with Gasteiger partial charge in [0.2, 0.25) is 0 Å². The average Bonchev–Trinajstić information content (AvgIpc) is 2.60. The van der Waals surface area contributed by atoms with Crippen molar-refractivity contribution in [3.8, 4) is 0 Å². The van der Waals surface area contributed by atoms with Gasteiger partial charge in [-0.15, -0.1) is 0 Å². The predicted octanol–water partition coefficient (Wildman–Crippen LogP) is 5.63. The summed E-state index contributed by atoms with van der Waals surface area (Å²) in [5.41, 5.74) is 2.06. The molecule has 0 unspecified atom stereocenters. The number of hydrogen-bond acceptors (Lipinski definition) is 4. The van der Waals surface area contributed by atoms with E-state index >= 15 is 0 Å². The molecule has 2 rings (SSSR count).